The van der Waals surface area contributed by atoms with Crippen molar-refractivity contribution in [1.29, 1.82) is 0 Å². The predicted octanol–water partition coefficient (Wildman–Crippen LogP) is 13.3. The zero-order valence-electron chi connectivity index (χ0n) is 61.8. The van der Waals surface area contributed by atoms with Gasteiger partial charge in [-0.3, -0.25) is 29.6 Å². The number of hydrogen-bond acceptors (Lipinski definition) is 22. The number of aromatic carboxylic acids is 1. The van der Waals surface area contributed by atoms with E-state index in [2.05, 4.69) is 51.9 Å². The monoisotopic (exact) mass is 1580 g/mol. The summed E-state index contributed by atoms with van der Waals surface area (Å²) in [4.78, 5) is 59.9. The molecule has 26 nitrogen and oxygen atoms in total. The highest BCUT2D eigenvalue weighted by Gasteiger charge is 2.19. The Morgan fingerprint density at radius 2 is 0.924 bits per heavy atom. The number of nitro groups is 2. The van der Waals surface area contributed by atoms with Crippen molar-refractivity contribution in [3.63, 3.8) is 0 Å². The predicted molar refractivity (Wildman–Crippen MR) is 422 cm³/mol. The summed E-state index contributed by atoms with van der Waals surface area (Å²) in [6.07, 6.45) is 14.5. The van der Waals surface area contributed by atoms with Crippen LogP contribution in [0.2, 0.25) is 0 Å². The quantitative estimate of drug-likeness (QED) is 0.00840. The highest BCUT2D eigenvalue weighted by molar-refractivity contribution is 14.1. The molecule has 0 radical (unpaired) electrons. The number of carboxylic acid groups (broad SMARTS) is 1. The topological polar surface area (TPSA) is 329 Å². The van der Waals surface area contributed by atoms with E-state index in [0.29, 0.717) is 76.7 Å². The average Bonchev–Trinajstić information content (AvgIpc) is 0.976. The Labute approximate surface area is 631 Å². The van der Waals surface area contributed by atoms with Gasteiger partial charge in [-0.05, 0) is 216 Å². The number of ether oxygens (including phenoxy) is 7. The molecule has 0 bridgehead atoms. The highest BCUT2D eigenvalue weighted by Crippen LogP contribution is 2.33. The molecule has 0 spiro atoms. The van der Waals surface area contributed by atoms with E-state index < -0.39 is 21.6 Å². The molecule has 5 heterocycles. The van der Waals surface area contributed by atoms with E-state index in [1.54, 1.807) is 49.1 Å². The first-order valence-electron chi connectivity index (χ1n) is 35.0. The number of nitrogens with two attached hydrogens (primary N) is 2. The van der Waals surface area contributed by atoms with Gasteiger partial charge in [-0.15, -0.1) is 0 Å². The van der Waals surface area contributed by atoms with E-state index >= 15 is 0 Å². The second-order valence-electron chi connectivity index (χ2n) is 24.5. The van der Waals surface area contributed by atoms with Crippen LogP contribution in [0.5, 0.6) is 40.2 Å². The minimum atomic E-state index is -0.980. The number of carboxylic acids is 1. The molecule has 0 aliphatic carbocycles. The minimum Gasteiger partial charge on any atom is -0.493 e. The van der Waals surface area contributed by atoms with Gasteiger partial charge in [0.1, 0.15) is 5.82 Å². The van der Waals surface area contributed by atoms with Crippen molar-refractivity contribution in [3.8, 4) is 45.9 Å². The molecule has 11 rings (SSSR count). The third-order valence-electron chi connectivity index (χ3n) is 17.0. The van der Waals surface area contributed by atoms with Crippen molar-refractivity contribution >= 4 is 62.2 Å². The van der Waals surface area contributed by atoms with E-state index in [9.17, 15) is 34.2 Å². The van der Waals surface area contributed by atoms with Gasteiger partial charge in [-0.2, -0.15) is 0 Å². The molecule has 4 saturated heterocycles. The van der Waals surface area contributed by atoms with Gasteiger partial charge < -0.3 is 79.5 Å². The fourth-order valence-corrected chi connectivity index (χ4v) is 11.7. The Hall–Kier alpha value is -8.65. The lowest BCUT2D eigenvalue weighted by molar-refractivity contribution is -0.385. The van der Waals surface area contributed by atoms with Crippen molar-refractivity contribution in [1.82, 2.24) is 29.2 Å². The van der Waals surface area contributed by atoms with Crippen LogP contribution in [-0.2, 0) is 0 Å². The van der Waals surface area contributed by atoms with Gasteiger partial charge in [0.15, 0.2) is 46.1 Å². The van der Waals surface area contributed by atoms with E-state index in [0.717, 1.165) is 106 Å². The Morgan fingerprint density at radius 1 is 0.533 bits per heavy atom. The average molecular weight is 1580 g/mol. The number of rotatable bonds is 26. The highest BCUT2D eigenvalue weighted by atomic mass is 127. The largest absolute Gasteiger partial charge is 0.493 e. The second-order valence-corrected chi connectivity index (χ2v) is 24.5. The van der Waals surface area contributed by atoms with Crippen LogP contribution in [0.4, 0.5) is 27.1 Å². The first kappa shape index (κ1) is 90.6. The Morgan fingerprint density at radius 3 is 1.35 bits per heavy atom. The van der Waals surface area contributed by atoms with Crippen LogP contribution in [0.3, 0.4) is 0 Å². The van der Waals surface area contributed by atoms with Crippen molar-refractivity contribution in [2.45, 2.75) is 105 Å². The van der Waals surface area contributed by atoms with Gasteiger partial charge >= 0.3 is 5.97 Å². The summed E-state index contributed by atoms with van der Waals surface area (Å²) in [6, 6.07) is 29.3. The Kier molecular flexibility index (Phi) is 43.8. The van der Waals surface area contributed by atoms with Crippen LogP contribution < -0.4 is 50.2 Å². The maximum atomic E-state index is 13.2. The summed E-state index contributed by atoms with van der Waals surface area (Å²) in [7, 11) is 6.98. The molecule has 4 aliphatic heterocycles. The van der Waals surface area contributed by atoms with Gasteiger partial charge in [0.25, 0.3) is 16.9 Å². The summed E-state index contributed by atoms with van der Waals surface area (Å²) >= 11 is 2.15. The molecular formula is C77H112FIN10O16. The van der Waals surface area contributed by atoms with E-state index in [-0.39, 0.29) is 35.7 Å². The van der Waals surface area contributed by atoms with Crippen LogP contribution in [0.25, 0.3) is 16.6 Å². The smallest absolute Gasteiger partial charge is 0.337 e. The first-order valence-corrected chi connectivity index (χ1v) is 37.1. The summed E-state index contributed by atoms with van der Waals surface area (Å²) in [5.74, 6) is 2.67. The maximum Gasteiger partial charge on any atom is 0.337 e. The molecule has 7 N–H and O–H groups in total. The number of aliphatic hydroxyl groups is 2. The lowest BCUT2D eigenvalue weighted by Gasteiger charge is -2.17. The number of nitrogen functional groups attached to an aromatic ring is 2. The lowest BCUT2D eigenvalue weighted by atomic mass is 10.1. The molecule has 0 saturated carbocycles. The Bertz CT molecular complexity index is 3760. The van der Waals surface area contributed by atoms with Gasteiger partial charge in [0, 0.05) is 75.5 Å². The number of nitro benzene ring substituents is 2. The fraction of sp³-hybridized carbons (Fsp3) is 0.494. The number of fused-ring (bicyclic) bond motifs is 1. The molecular weight excluding hydrogens is 1470 g/mol. The number of benzene rings is 6. The molecule has 4 aliphatic rings. The van der Waals surface area contributed by atoms with Gasteiger partial charge in [0.05, 0.1) is 92.4 Å². The third-order valence-corrected chi connectivity index (χ3v) is 17.0. The van der Waals surface area contributed by atoms with Crippen molar-refractivity contribution in [2.75, 3.05) is 157 Å². The molecule has 4 fully saturated rings. The number of alkyl halides is 1. The number of anilines is 2. The fourth-order valence-electron chi connectivity index (χ4n) is 11.7. The molecule has 7 aromatic rings. The number of non-ortho nitro benzene ring substituents is 2. The summed E-state index contributed by atoms with van der Waals surface area (Å²) < 4.78 is 52.1. The summed E-state index contributed by atoms with van der Waals surface area (Å²) in [5, 5.41) is 45.6. The molecule has 105 heavy (non-hydrogen) atoms. The van der Waals surface area contributed by atoms with Crippen LogP contribution in [0.1, 0.15) is 112 Å². The zero-order valence-corrected chi connectivity index (χ0v) is 64.0. The van der Waals surface area contributed by atoms with Gasteiger partial charge in [-0.25, -0.2) is 14.2 Å². The van der Waals surface area contributed by atoms with Crippen molar-refractivity contribution in [2.24, 2.45) is 0 Å². The third kappa shape index (κ3) is 31.5. The number of carbonyl (C=O) groups is 1. The zero-order chi connectivity index (χ0) is 76.3. The number of methoxy groups -OCH3 is 4. The SMILES string of the molecule is C.CI.CO.COc1cc(-n2c(C)nc3ccc(C)cc3c2=O)ccc1OCCCN1CCCC1.COc1cc(N)ccc1OCCCN1CCCC1.COc1cc([N+](=O)[O-])ccc1F.COc1cc([N+](=O)[O-])ccc1OCCCN1CCCC1.Cc1ccc(N)c(C(=O)O)c1.OCCCN1CCCC1. The standard InChI is InChI=1S/C24H29N3O3.C14H20N2O4.C14H22N2O2.C8H9NO2.C7H6FNO3.C7H15NO.CH3I.CH4O.CH4/c1-17-7-9-21-20(15-17)24(28)27(18(2)25-21)19-8-10-22(23(16-19)29-3)30-14-6-13-26-11-4-5-12-26;1-19-14-11-12(16(17)18)5-6-13(14)20-10-4-9-15-7-2-3-8-15;1-17-14-11-12(15)5-6-13(14)18-10-4-9-16-7-2-3-8-16;1-5-2-3-7(9)6(4-5)8(10)11;1-12-7-4-5(9(10)11)2-3-6(7)8;9-7-3-6-8-4-1-2-5-8;2*1-2;/h7-10,15-16H,4-6,11-14H2,1-3H3;5-6,11H,2-4,7-10H2,1H3;5-6,11H,2-4,7-10,15H2,1H3;2-4H,9H2,1H3,(H,10,11);2-4H,1H3;9H,1-7H2;1H3;2H,1H3;1H4. The number of aromatic nitrogens is 2. The van der Waals surface area contributed by atoms with E-state index in [4.69, 9.17) is 55.2 Å². The minimum absolute atomic E-state index is 0. The van der Waals surface area contributed by atoms with Crippen LogP contribution in [-0.4, -0.2) is 206 Å². The first-order chi connectivity index (χ1) is 50.2. The molecule has 580 valence electrons. The number of hydrogen-bond donors (Lipinski definition) is 5. The summed E-state index contributed by atoms with van der Waals surface area (Å²) in [6.45, 7) is 22.0. The molecule has 1 aromatic heterocycles. The lowest BCUT2D eigenvalue weighted by Crippen LogP contribution is -2.22. The molecule has 0 amide bonds. The molecule has 0 atom stereocenters. The number of nitrogens with zero attached hydrogens (tertiary/aromatic N) is 8. The van der Waals surface area contributed by atoms with Crippen molar-refractivity contribution in [3.05, 3.63) is 168 Å². The van der Waals surface area contributed by atoms with Crippen LogP contribution in [0.15, 0.2) is 114 Å². The van der Waals surface area contributed by atoms with Crippen LogP contribution in [0, 0.1) is 46.8 Å². The second kappa shape index (κ2) is 50.7. The Balaban J connectivity index is 0.000000338. The molecule has 0 unspecified atom stereocenters. The van der Waals surface area contributed by atoms with E-state index in [1.165, 1.54) is 130 Å². The van der Waals surface area contributed by atoms with Gasteiger partial charge in [-0.1, -0.05) is 53.3 Å². The number of halogens is 2. The normalized spacial score (nSPS) is 13.7. The maximum absolute atomic E-state index is 13.2. The molecule has 6 aromatic carbocycles. The number of aryl methyl sites for hydroxylation is 3. The van der Waals surface area contributed by atoms with Crippen LogP contribution >= 0.6 is 22.6 Å². The van der Waals surface area contributed by atoms with E-state index in [1.807, 2.05) is 74.2 Å². The van der Waals surface area contributed by atoms with Gasteiger partial charge in [0.2, 0.25) is 0 Å². The van der Waals surface area contributed by atoms with Crippen molar-refractivity contribution < 1.29 is 67.5 Å². The molecule has 28 heteroatoms. The number of aliphatic hydroxyl groups excluding tert-OH is 2. The summed E-state index contributed by atoms with van der Waals surface area (Å²) in [5.41, 5.74) is 15.4. The number of likely N-dealkylation sites (tertiary alicyclic amines) is 4.